The van der Waals surface area contributed by atoms with E-state index in [9.17, 15) is 19.6 Å². The minimum atomic E-state index is -0.957. The van der Waals surface area contributed by atoms with Crippen LogP contribution in [-0.4, -0.2) is 47.5 Å². The molecule has 2 aromatic carbocycles. The van der Waals surface area contributed by atoms with Crippen molar-refractivity contribution in [1.82, 2.24) is 4.90 Å². The second-order valence-electron chi connectivity index (χ2n) is 8.45. The lowest BCUT2D eigenvalue weighted by atomic mass is 10.0. The van der Waals surface area contributed by atoms with Crippen LogP contribution in [-0.2, 0) is 14.3 Å². The molecule has 0 spiro atoms. The van der Waals surface area contributed by atoms with Gasteiger partial charge in [-0.1, -0.05) is 34.1 Å². The van der Waals surface area contributed by atoms with E-state index in [4.69, 9.17) is 9.47 Å². The number of hydrogen-bond acceptors (Lipinski definition) is 6. The summed E-state index contributed by atoms with van der Waals surface area (Å²) in [6, 6.07) is 12.1. The van der Waals surface area contributed by atoms with Crippen molar-refractivity contribution in [3.05, 3.63) is 46.4 Å². The summed E-state index contributed by atoms with van der Waals surface area (Å²) < 4.78 is 11.5. The van der Waals surface area contributed by atoms with Gasteiger partial charge in [-0.15, -0.1) is 0 Å². The number of likely N-dealkylation sites (tertiary alicyclic amines) is 1. The molecule has 1 saturated heterocycles. The maximum atomic E-state index is 12.6. The van der Waals surface area contributed by atoms with Crippen molar-refractivity contribution in [1.29, 1.82) is 5.26 Å². The van der Waals surface area contributed by atoms with Gasteiger partial charge in [-0.2, -0.15) is 5.26 Å². The van der Waals surface area contributed by atoms with E-state index >= 15 is 0 Å². The molecule has 1 aliphatic heterocycles. The first-order valence-corrected chi connectivity index (χ1v) is 10.6. The van der Waals surface area contributed by atoms with E-state index in [-0.39, 0.29) is 18.7 Å². The fraction of sp³-hybridized carbons (Fsp3) is 0.391. The maximum Gasteiger partial charge on any atom is 0.411 e. The Labute approximate surface area is 189 Å². The lowest BCUT2D eigenvalue weighted by Crippen LogP contribution is -2.44. The predicted molar refractivity (Wildman–Crippen MR) is 117 cm³/mol. The molecule has 0 N–H and O–H groups in total. The average molecular weight is 487 g/mol. The fourth-order valence-corrected chi connectivity index (χ4v) is 3.76. The number of nitriles is 1. The number of esters is 1. The number of amides is 1. The van der Waals surface area contributed by atoms with Gasteiger partial charge in [0.1, 0.15) is 11.6 Å². The second kappa shape index (κ2) is 9.06. The molecule has 31 heavy (non-hydrogen) atoms. The summed E-state index contributed by atoms with van der Waals surface area (Å²) in [7, 11) is 0. The monoisotopic (exact) mass is 486 g/mol. The van der Waals surface area contributed by atoms with Crippen molar-refractivity contribution < 1.29 is 23.9 Å². The molecule has 1 aliphatic rings. The topological polar surface area (TPSA) is 96.7 Å². The molecule has 2 aromatic rings. The highest BCUT2D eigenvalue weighted by Crippen LogP contribution is 2.26. The van der Waals surface area contributed by atoms with Crippen LogP contribution in [0, 0.1) is 17.2 Å². The number of ketones is 1. The molecule has 1 amide bonds. The van der Waals surface area contributed by atoms with Gasteiger partial charge < -0.3 is 9.47 Å². The van der Waals surface area contributed by atoms with Gasteiger partial charge in [-0.05, 0) is 56.2 Å². The smallest absolute Gasteiger partial charge is 0.411 e. The number of ether oxygens (including phenoxy) is 2. The number of benzene rings is 2. The Morgan fingerprint density at radius 3 is 2.52 bits per heavy atom. The standard InChI is InChI=1S/C23H23BrN2O5/c1-23(2,3)31-22(29)26-12-14(11-25)8-19(26)21(28)30-13-20(27)17-5-4-16-10-18(24)7-6-15(16)9-17/h4-7,9-10,14,19H,8,12-13H2,1-3H3. The van der Waals surface area contributed by atoms with Crippen LogP contribution in [0.1, 0.15) is 37.6 Å². The van der Waals surface area contributed by atoms with E-state index in [1.54, 1.807) is 32.9 Å². The Morgan fingerprint density at radius 1 is 1.16 bits per heavy atom. The predicted octanol–water partition coefficient (Wildman–Crippen LogP) is 4.48. The lowest BCUT2D eigenvalue weighted by molar-refractivity contribution is -0.147. The Bertz CT molecular complexity index is 1070. The van der Waals surface area contributed by atoms with Crippen LogP contribution in [0.4, 0.5) is 4.79 Å². The van der Waals surface area contributed by atoms with E-state index in [2.05, 4.69) is 22.0 Å². The van der Waals surface area contributed by atoms with Crippen molar-refractivity contribution in [2.24, 2.45) is 5.92 Å². The third-order valence-electron chi connectivity index (χ3n) is 4.85. The SMILES string of the molecule is CC(C)(C)OC(=O)N1CC(C#N)CC1C(=O)OCC(=O)c1ccc2cc(Br)ccc2c1. The molecule has 0 bridgehead atoms. The van der Waals surface area contributed by atoms with Crippen LogP contribution in [0.15, 0.2) is 40.9 Å². The Balaban J connectivity index is 1.66. The molecule has 1 fully saturated rings. The number of nitrogens with zero attached hydrogens (tertiary/aromatic N) is 2. The van der Waals surface area contributed by atoms with Gasteiger partial charge in [0.05, 0.1) is 12.0 Å². The number of hydrogen-bond donors (Lipinski definition) is 0. The molecule has 3 rings (SSSR count). The molecule has 162 valence electrons. The summed E-state index contributed by atoms with van der Waals surface area (Å²) in [4.78, 5) is 38.9. The zero-order valence-electron chi connectivity index (χ0n) is 17.6. The zero-order chi connectivity index (χ0) is 22.8. The van der Waals surface area contributed by atoms with Crippen LogP contribution in [0.25, 0.3) is 10.8 Å². The summed E-state index contributed by atoms with van der Waals surface area (Å²) in [6.07, 6.45) is -0.535. The molecular formula is C23H23BrN2O5. The molecule has 2 unspecified atom stereocenters. The van der Waals surface area contributed by atoms with Crippen molar-refractivity contribution in [3.8, 4) is 6.07 Å². The van der Waals surface area contributed by atoms with Gasteiger partial charge >= 0.3 is 12.1 Å². The number of Topliss-reactive ketones (excluding diaryl/α,β-unsaturated/α-hetero) is 1. The van der Waals surface area contributed by atoms with Crippen LogP contribution >= 0.6 is 15.9 Å². The highest BCUT2D eigenvalue weighted by molar-refractivity contribution is 9.10. The van der Waals surface area contributed by atoms with Crippen molar-refractivity contribution in [3.63, 3.8) is 0 Å². The minimum absolute atomic E-state index is 0.0827. The molecule has 0 saturated carbocycles. The highest BCUT2D eigenvalue weighted by Gasteiger charge is 2.42. The molecule has 2 atom stereocenters. The summed E-state index contributed by atoms with van der Waals surface area (Å²) >= 11 is 3.41. The molecule has 0 aliphatic carbocycles. The van der Waals surface area contributed by atoms with E-state index < -0.39 is 36.2 Å². The zero-order valence-corrected chi connectivity index (χ0v) is 19.1. The number of carbonyl (C=O) groups is 3. The van der Waals surface area contributed by atoms with Crippen molar-refractivity contribution in [2.45, 2.75) is 38.8 Å². The van der Waals surface area contributed by atoms with Gasteiger partial charge in [-0.25, -0.2) is 9.59 Å². The third-order valence-corrected chi connectivity index (χ3v) is 5.35. The van der Waals surface area contributed by atoms with Crippen LogP contribution < -0.4 is 0 Å². The van der Waals surface area contributed by atoms with Crippen LogP contribution in [0.3, 0.4) is 0 Å². The Kier molecular flexibility index (Phi) is 6.65. The number of halogens is 1. The van der Waals surface area contributed by atoms with Gasteiger partial charge in [0.2, 0.25) is 0 Å². The maximum absolute atomic E-state index is 12.6. The van der Waals surface area contributed by atoms with E-state index in [0.29, 0.717) is 5.56 Å². The first kappa shape index (κ1) is 22.8. The van der Waals surface area contributed by atoms with Gasteiger partial charge in [0.15, 0.2) is 12.4 Å². The average Bonchev–Trinajstić information content (AvgIpc) is 3.15. The molecule has 0 radical (unpaired) electrons. The third kappa shape index (κ3) is 5.61. The minimum Gasteiger partial charge on any atom is -0.456 e. The fourth-order valence-electron chi connectivity index (χ4n) is 3.38. The quantitative estimate of drug-likeness (QED) is 0.466. The first-order valence-electron chi connectivity index (χ1n) is 9.86. The molecule has 0 aromatic heterocycles. The lowest BCUT2D eigenvalue weighted by Gasteiger charge is -2.27. The summed E-state index contributed by atoms with van der Waals surface area (Å²) in [5.74, 6) is -1.57. The van der Waals surface area contributed by atoms with E-state index in [1.165, 1.54) is 4.90 Å². The van der Waals surface area contributed by atoms with Crippen molar-refractivity contribution in [2.75, 3.05) is 13.2 Å². The van der Waals surface area contributed by atoms with Gasteiger partial charge in [0.25, 0.3) is 0 Å². The summed E-state index contributed by atoms with van der Waals surface area (Å²) in [6.45, 7) is 4.79. The molecule has 1 heterocycles. The molecule has 8 heteroatoms. The van der Waals surface area contributed by atoms with E-state index in [0.717, 1.165) is 15.2 Å². The summed E-state index contributed by atoms with van der Waals surface area (Å²) in [5.41, 5.74) is -0.314. The van der Waals surface area contributed by atoms with Crippen molar-refractivity contribution >= 4 is 44.5 Å². The summed E-state index contributed by atoms with van der Waals surface area (Å²) in [5, 5.41) is 11.1. The largest absolute Gasteiger partial charge is 0.456 e. The van der Waals surface area contributed by atoms with Gasteiger partial charge in [-0.3, -0.25) is 9.69 Å². The van der Waals surface area contributed by atoms with Gasteiger partial charge in [0, 0.05) is 16.6 Å². The number of rotatable bonds is 4. The normalized spacial score (nSPS) is 18.5. The number of fused-ring (bicyclic) bond motifs is 1. The second-order valence-corrected chi connectivity index (χ2v) is 9.36. The van der Waals surface area contributed by atoms with E-state index in [1.807, 2.05) is 24.3 Å². The van der Waals surface area contributed by atoms with Crippen LogP contribution in [0.2, 0.25) is 0 Å². The first-order chi connectivity index (χ1) is 14.6. The molecular weight excluding hydrogens is 464 g/mol. The Morgan fingerprint density at radius 2 is 1.84 bits per heavy atom. The highest BCUT2D eigenvalue weighted by atomic mass is 79.9. The number of carbonyl (C=O) groups excluding carboxylic acids is 3. The molecule has 7 nitrogen and oxygen atoms in total. The Hall–Kier alpha value is -2.92. The van der Waals surface area contributed by atoms with Crippen LogP contribution in [0.5, 0.6) is 0 Å².